The third-order valence-electron chi connectivity index (χ3n) is 8.12. The molecule has 3 aromatic carbocycles. The number of nitrogens with zero attached hydrogens (tertiary/aromatic N) is 2. The molecule has 0 radical (unpaired) electrons. The first-order valence-corrected chi connectivity index (χ1v) is 15.3. The van der Waals surface area contributed by atoms with Crippen molar-refractivity contribution in [1.82, 2.24) is 4.31 Å². The van der Waals surface area contributed by atoms with E-state index in [1.807, 2.05) is 24.3 Å². The Morgan fingerprint density at radius 3 is 1.95 bits per heavy atom. The van der Waals surface area contributed by atoms with Gasteiger partial charge in [-0.1, -0.05) is 43.5 Å². The first-order chi connectivity index (χ1) is 20.7. The number of sulfonamides is 1. The van der Waals surface area contributed by atoms with Crippen molar-refractivity contribution in [3.63, 3.8) is 0 Å². The molecule has 0 heterocycles. The number of halogens is 5. The van der Waals surface area contributed by atoms with E-state index in [-0.39, 0.29) is 22.1 Å². The molecule has 0 aliphatic heterocycles. The van der Waals surface area contributed by atoms with Crippen LogP contribution in [0, 0.1) is 36.0 Å². The number of carboxylic acid groups (broad SMARTS) is 1. The van der Waals surface area contributed by atoms with Crippen LogP contribution in [0.15, 0.2) is 47.4 Å². The molecule has 1 fully saturated rings. The molecule has 3 aromatic rings. The minimum Gasteiger partial charge on any atom is -0.478 e. The minimum absolute atomic E-state index is 0.0305. The van der Waals surface area contributed by atoms with Crippen molar-refractivity contribution in [2.45, 2.75) is 69.4 Å². The van der Waals surface area contributed by atoms with Crippen molar-refractivity contribution in [3.8, 4) is 0 Å². The van der Waals surface area contributed by atoms with Crippen LogP contribution in [-0.2, 0) is 21.4 Å². The topological polar surface area (TPSA) is 95.0 Å². The largest absolute Gasteiger partial charge is 0.478 e. The number of aryl methyl sites for hydroxylation is 1. The molecule has 0 unspecified atom stereocenters. The van der Waals surface area contributed by atoms with E-state index < -0.39 is 61.9 Å². The molecule has 236 valence electrons. The van der Waals surface area contributed by atoms with Crippen molar-refractivity contribution < 1.29 is 45.1 Å². The summed E-state index contributed by atoms with van der Waals surface area (Å²) in [5.74, 6) is -14.2. The molecule has 0 spiro atoms. The lowest BCUT2D eigenvalue weighted by molar-refractivity contribution is -0.121. The third kappa shape index (κ3) is 6.34. The maximum atomic E-state index is 14.5. The van der Waals surface area contributed by atoms with E-state index in [1.54, 1.807) is 0 Å². The summed E-state index contributed by atoms with van der Waals surface area (Å²) in [7, 11) is -4.64. The fraction of sp³-hybridized carbons (Fsp3) is 0.355. The van der Waals surface area contributed by atoms with Crippen molar-refractivity contribution in [1.29, 1.82) is 0 Å². The number of hydrogen-bond acceptors (Lipinski definition) is 4. The zero-order chi connectivity index (χ0) is 32.5. The number of carbonyl (C=O) groups is 2. The summed E-state index contributed by atoms with van der Waals surface area (Å²) in [6, 6.07) is 9.91. The van der Waals surface area contributed by atoms with Gasteiger partial charge in [-0.3, -0.25) is 4.79 Å². The minimum atomic E-state index is -5.43. The Bertz CT molecular complexity index is 1660. The Balaban J connectivity index is 1.71. The molecule has 1 amide bonds. The molecule has 7 nitrogen and oxygen atoms in total. The van der Waals surface area contributed by atoms with Crippen LogP contribution in [0.25, 0.3) is 0 Å². The Morgan fingerprint density at radius 2 is 1.43 bits per heavy atom. The van der Waals surface area contributed by atoms with E-state index in [2.05, 4.69) is 0 Å². The normalized spacial score (nSPS) is 14.9. The highest BCUT2D eigenvalue weighted by Crippen LogP contribution is 2.34. The number of rotatable bonds is 9. The SMILES string of the molecule is Cc1cc(N(Cc2ccc(C3CCCCC3)cc2)C(=O)[C@@H](C)N(C)S(=O)(=O)c2c(F)c(F)c(F)c(F)c2F)ccc1C(=O)O. The van der Waals surface area contributed by atoms with Gasteiger partial charge in [0, 0.05) is 12.7 Å². The van der Waals surface area contributed by atoms with Crippen molar-refractivity contribution >= 4 is 27.6 Å². The van der Waals surface area contributed by atoms with Gasteiger partial charge in [-0.25, -0.2) is 35.2 Å². The van der Waals surface area contributed by atoms with Crippen LogP contribution < -0.4 is 4.90 Å². The molecule has 1 atom stereocenters. The predicted molar refractivity (Wildman–Crippen MR) is 152 cm³/mol. The van der Waals surface area contributed by atoms with Gasteiger partial charge in [0.25, 0.3) is 0 Å². The number of benzene rings is 3. The quantitative estimate of drug-likeness (QED) is 0.160. The summed E-state index contributed by atoms with van der Waals surface area (Å²) in [5.41, 5.74) is 2.26. The van der Waals surface area contributed by atoms with Crippen LogP contribution in [0.1, 0.15) is 72.0 Å². The smallest absolute Gasteiger partial charge is 0.335 e. The molecule has 13 heteroatoms. The average Bonchev–Trinajstić information content (AvgIpc) is 3.01. The second kappa shape index (κ2) is 13.0. The fourth-order valence-corrected chi connectivity index (χ4v) is 6.84. The summed E-state index contributed by atoms with van der Waals surface area (Å²) < 4.78 is 96.8. The molecule has 4 rings (SSSR count). The van der Waals surface area contributed by atoms with Crippen molar-refractivity contribution in [2.75, 3.05) is 11.9 Å². The van der Waals surface area contributed by atoms with E-state index in [9.17, 15) is 45.1 Å². The monoisotopic (exact) mass is 638 g/mol. The summed E-state index contributed by atoms with van der Waals surface area (Å²) in [4.78, 5) is 24.5. The maximum Gasteiger partial charge on any atom is 0.335 e. The molecule has 0 aromatic heterocycles. The summed E-state index contributed by atoms with van der Waals surface area (Å²) in [6.07, 6.45) is 5.61. The number of likely N-dealkylation sites (N-methyl/N-ethyl adjacent to an activating group) is 1. The second-order valence-electron chi connectivity index (χ2n) is 10.9. The average molecular weight is 639 g/mol. The number of anilines is 1. The summed E-state index contributed by atoms with van der Waals surface area (Å²) in [5, 5.41) is 9.44. The van der Waals surface area contributed by atoms with Gasteiger partial charge in [0.05, 0.1) is 12.1 Å². The van der Waals surface area contributed by atoms with Crippen LogP contribution in [-0.4, -0.2) is 42.8 Å². The van der Waals surface area contributed by atoms with Gasteiger partial charge in [0.15, 0.2) is 28.2 Å². The summed E-state index contributed by atoms with van der Waals surface area (Å²) in [6.45, 7) is 2.51. The predicted octanol–water partition coefficient (Wildman–Crippen LogP) is 6.68. The van der Waals surface area contributed by atoms with Gasteiger partial charge in [-0.2, -0.15) is 4.31 Å². The van der Waals surface area contributed by atoms with Crippen LogP contribution >= 0.6 is 0 Å². The van der Waals surface area contributed by atoms with E-state index in [4.69, 9.17) is 0 Å². The van der Waals surface area contributed by atoms with E-state index in [0.29, 0.717) is 17.0 Å². The molecule has 1 saturated carbocycles. The molecule has 44 heavy (non-hydrogen) atoms. The lowest BCUT2D eigenvalue weighted by atomic mass is 9.84. The Hall–Kier alpha value is -3.84. The van der Waals surface area contributed by atoms with Crippen LogP contribution in [0.2, 0.25) is 0 Å². The van der Waals surface area contributed by atoms with Gasteiger partial charge in [0.1, 0.15) is 6.04 Å². The molecule has 1 N–H and O–H groups in total. The van der Waals surface area contributed by atoms with Crippen LogP contribution in [0.3, 0.4) is 0 Å². The van der Waals surface area contributed by atoms with Gasteiger partial charge in [-0.05, 0) is 67.5 Å². The Kier molecular flexibility index (Phi) is 9.79. The lowest BCUT2D eigenvalue weighted by Crippen LogP contribution is -2.48. The van der Waals surface area contributed by atoms with E-state index in [1.165, 1.54) is 36.4 Å². The first kappa shape index (κ1) is 33.1. The van der Waals surface area contributed by atoms with E-state index >= 15 is 0 Å². The highest BCUT2D eigenvalue weighted by molar-refractivity contribution is 7.89. The number of carbonyl (C=O) groups excluding carboxylic acids is 1. The van der Waals surface area contributed by atoms with Gasteiger partial charge in [-0.15, -0.1) is 0 Å². The molecule has 1 aliphatic carbocycles. The van der Waals surface area contributed by atoms with Crippen LogP contribution in [0.5, 0.6) is 0 Å². The molecule has 0 saturated heterocycles. The highest BCUT2D eigenvalue weighted by Gasteiger charge is 2.40. The second-order valence-corrected chi connectivity index (χ2v) is 12.8. The maximum absolute atomic E-state index is 14.5. The van der Waals surface area contributed by atoms with Crippen molar-refractivity contribution in [3.05, 3.63) is 93.8 Å². The first-order valence-electron chi connectivity index (χ1n) is 13.9. The third-order valence-corrected chi connectivity index (χ3v) is 10.1. The standard InChI is InChI=1S/C31H31F5N2O5S/c1-17-15-22(13-14-23(17)31(40)41)38(16-19-9-11-21(12-10-19)20-7-5-4-6-8-20)30(39)18(2)37(3)44(42,43)29-27(35)25(33)24(32)26(34)28(29)36/h9-15,18,20H,4-8,16H2,1-3H3,(H,40,41)/t18-/m1/s1. The number of carboxylic acids is 1. The number of hydrogen-bond donors (Lipinski definition) is 1. The Morgan fingerprint density at radius 1 is 0.886 bits per heavy atom. The van der Waals surface area contributed by atoms with Crippen molar-refractivity contribution in [2.24, 2.45) is 0 Å². The van der Waals surface area contributed by atoms with Gasteiger partial charge in [0.2, 0.25) is 21.7 Å². The van der Waals surface area contributed by atoms with Gasteiger partial charge >= 0.3 is 5.97 Å². The van der Waals surface area contributed by atoms with Crippen LogP contribution in [0.4, 0.5) is 27.6 Å². The van der Waals surface area contributed by atoms with Gasteiger partial charge < -0.3 is 10.0 Å². The molecular formula is C31H31F5N2O5S. The highest BCUT2D eigenvalue weighted by atomic mass is 32.2. The molecular weight excluding hydrogens is 607 g/mol. The fourth-order valence-electron chi connectivity index (χ4n) is 5.41. The zero-order valence-electron chi connectivity index (χ0n) is 24.2. The number of aromatic carboxylic acids is 1. The van der Waals surface area contributed by atoms with E-state index in [0.717, 1.165) is 45.2 Å². The zero-order valence-corrected chi connectivity index (χ0v) is 25.0. The Labute approximate surface area is 252 Å². The summed E-state index contributed by atoms with van der Waals surface area (Å²) >= 11 is 0. The molecule has 1 aliphatic rings. The number of amides is 1. The molecule has 0 bridgehead atoms. The lowest BCUT2D eigenvalue weighted by Gasteiger charge is -2.31.